The van der Waals surface area contributed by atoms with Gasteiger partial charge in [-0.05, 0) is 121 Å². The number of hydrogen-bond donors (Lipinski definition) is 0. The topological polar surface area (TPSA) is 0 Å². The van der Waals surface area contributed by atoms with Crippen LogP contribution >= 0.6 is 0 Å². The molecule has 0 amide bonds. The summed E-state index contributed by atoms with van der Waals surface area (Å²) >= 11 is 0. The highest BCUT2D eigenvalue weighted by molar-refractivity contribution is 6.30. The van der Waals surface area contributed by atoms with Gasteiger partial charge < -0.3 is 0 Å². The summed E-state index contributed by atoms with van der Waals surface area (Å²) < 4.78 is 0. The Hall–Kier alpha value is -9.88. The van der Waals surface area contributed by atoms with E-state index in [1.54, 1.807) is 0 Å². The van der Waals surface area contributed by atoms with Crippen LogP contribution < -0.4 is 0 Å². The third-order valence-corrected chi connectivity index (χ3v) is 16.6. The zero-order valence-corrected chi connectivity index (χ0v) is 43.2. The van der Waals surface area contributed by atoms with Gasteiger partial charge in [-0.2, -0.15) is 0 Å². The second-order valence-electron chi connectivity index (χ2n) is 20.5. The molecule has 0 aliphatic heterocycles. The van der Waals surface area contributed by atoms with E-state index in [2.05, 4.69) is 328 Å². The van der Waals surface area contributed by atoms with E-state index < -0.39 is 10.8 Å². The quantitative estimate of drug-likeness (QED) is 0.0895. The molecule has 0 aliphatic rings. The van der Waals surface area contributed by atoms with Crippen molar-refractivity contribution in [3.8, 4) is 33.4 Å². The van der Waals surface area contributed by atoms with Crippen LogP contribution in [-0.4, -0.2) is 0 Å². The van der Waals surface area contributed by atoms with Crippen molar-refractivity contribution >= 4 is 43.1 Å². The summed E-state index contributed by atoms with van der Waals surface area (Å²) in [7, 11) is 0. The summed E-state index contributed by atoms with van der Waals surface area (Å²) in [6, 6.07) is 121. The molecule has 14 aromatic rings. The number of hydrogen-bond acceptors (Lipinski definition) is 0. The smallest absolute Gasteiger partial charge is 0.0622 e. The average Bonchev–Trinajstić information content (AvgIpc) is 3.60. The normalized spacial score (nSPS) is 11.8. The molecule has 0 atom stereocenters. The Morgan fingerprint density at radius 1 is 0.128 bits per heavy atom. The van der Waals surface area contributed by atoms with Gasteiger partial charge in [0.1, 0.15) is 0 Å². The molecular formula is C78H54. The SMILES string of the molecule is c1ccc(C(c2ccccc2)(c2ccccc2)c2ccc(-c3c4ccccc4c(-c4c5ccccc5c(-c5ccc(C(c6ccccc6)(c6ccccc6)c6ccccc6)cc5)c5ccccc45)c4ccccc34)cc2)cc1. The molecule has 0 spiro atoms. The molecule has 0 nitrogen and oxygen atoms in total. The first-order valence-electron chi connectivity index (χ1n) is 27.2. The molecule has 0 saturated heterocycles. The fourth-order valence-corrected chi connectivity index (χ4v) is 13.3. The van der Waals surface area contributed by atoms with E-state index >= 15 is 0 Å². The monoisotopic (exact) mass is 990 g/mol. The summed E-state index contributed by atoms with van der Waals surface area (Å²) in [5.74, 6) is 0. The first-order valence-corrected chi connectivity index (χ1v) is 27.2. The molecule has 14 rings (SSSR count). The number of benzene rings is 14. The highest BCUT2D eigenvalue weighted by Crippen LogP contribution is 2.52. The van der Waals surface area contributed by atoms with Crippen molar-refractivity contribution in [3.63, 3.8) is 0 Å². The van der Waals surface area contributed by atoms with Crippen LogP contribution in [0.25, 0.3) is 76.5 Å². The zero-order valence-electron chi connectivity index (χ0n) is 43.2. The fourth-order valence-electron chi connectivity index (χ4n) is 13.3. The van der Waals surface area contributed by atoms with Crippen molar-refractivity contribution in [2.75, 3.05) is 0 Å². The molecule has 0 N–H and O–H groups in total. The highest BCUT2D eigenvalue weighted by Gasteiger charge is 2.40. The molecule has 0 heterocycles. The molecule has 0 saturated carbocycles. The first kappa shape index (κ1) is 46.6. The van der Waals surface area contributed by atoms with E-state index in [4.69, 9.17) is 0 Å². The zero-order chi connectivity index (χ0) is 51.9. The van der Waals surface area contributed by atoms with Crippen molar-refractivity contribution in [2.24, 2.45) is 0 Å². The summed E-state index contributed by atoms with van der Waals surface area (Å²) in [6.45, 7) is 0. The minimum atomic E-state index is -0.538. The lowest BCUT2D eigenvalue weighted by Crippen LogP contribution is -2.30. The van der Waals surface area contributed by atoms with Crippen LogP contribution in [-0.2, 0) is 10.8 Å². The molecule has 366 valence electrons. The number of fused-ring (bicyclic) bond motifs is 4. The van der Waals surface area contributed by atoms with Crippen LogP contribution in [0.1, 0.15) is 44.5 Å². The van der Waals surface area contributed by atoms with Gasteiger partial charge in [-0.25, -0.2) is 0 Å². The van der Waals surface area contributed by atoms with Gasteiger partial charge in [-0.15, -0.1) is 0 Å². The summed E-state index contributed by atoms with van der Waals surface area (Å²) in [5, 5.41) is 9.83. The van der Waals surface area contributed by atoms with Crippen molar-refractivity contribution in [3.05, 3.63) is 372 Å². The first-order chi connectivity index (χ1) is 38.7. The summed E-state index contributed by atoms with van der Waals surface area (Å²) in [4.78, 5) is 0. The Morgan fingerprint density at radius 3 is 0.474 bits per heavy atom. The Balaban J connectivity index is 0.964. The van der Waals surface area contributed by atoms with Gasteiger partial charge in [-0.3, -0.25) is 0 Å². The van der Waals surface area contributed by atoms with Gasteiger partial charge in [0, 0.05) is 0 Å². The Bertz CT molecular complexity index is 3820. The van der Waals surface area contributed by atoms with E-state index in [1.807, 2.05) is 0 Å². The Labute approximate surface area is 456 Å². The van der Waals surface area contributed by atoms with Crippen LogP contribution in [0, 0.1) is 0 Å². The van der Waals surface area contributed by atoms with Crippen LogP contribution in [0.4, 0.5) is 0 Å². The molecule has 0 aromatic heterocycles. The highest BCUT2D eigenvalue weighted by atomic mass is 14.4. The van der Waals surface area contributed by atoms with Crippen LogP contribution in [0.3, 0.4) is 0 Å². The lowest BCUT2D eigenvalue weighted by atomic mass is 9.65. The maximum Gasteiger partial charge on any atom is 0.0701 e. The molecule has 0 radical (unpaired) electrons. The van der Waals surface area contributed by atoms with E-state index in [9.17, 15) is 0 Å². The van der Waals surface area contributed by atoms with Gasteiger partial charge in [-0.1, -0.05) is 328 Å². The van der Waals surface area contributed by atoms with Crippen molar-refractivity contribution in [2.45, 2.75) is 10.8 Å². The van der Waals surface area contributed by atoms with Crippen LogP contribution in [0.2, 0.25) is 0 Å². The van der Waals surface area contributed by atoms with Gasteiger partial charge in [0.2, 0.25) is 0 Å². The minimum Gasteiger partial charge on any atom is -0.0622 e. The molecule has 78 heavy (non-hydrogen) atoms. The summed E-state index contributed by atoms with van der Waals surface area (Å²) in [5.41, 5.74) is 16.1. The third kappa shape index (κ3) is 7.44. The fraction of sp³-hybridized carbons (Fsp3) is 0.0256. The largest absolute Gasteiger partial charge is 0.0701 e. The average molecular weight is 991 g/mol. The summed E-state index contributed by atoms with van der Waals surface area (Å²) in [6.07, 6.45) is 0. The van der Waals surface area contributed by atoms with Crippen LogP contribution in [0.5, 0.6) is 0 Å². The molecule has 0 fully saturated rings. The molecule has 14 aromatic carbocycles. The van der Waals surface area contributed by atoms with Crippen molar-refractivity contribution < 1.29 is 0 Å². The van der Waals surface area contributed by atoms with Crippen molar-refractivity contribution in [1.29, 1.82) is 0 Å². The molecule has 0 aliphatic carbocycles. The predicted molar refractivity (Wildman–Crippen MR) is 329 cm³/mol. The predicted octanol–water partition coefficient (Wildman–Crippen LogP) is 20.1. The van der Waals surface area contributed by atoms with Crippen LogP contribution in [0.15, 0.2) is 328 Å². The van der Waals surface area contributed by atoms with Gasteiger partial charge in [0.15, 0.2) is 0 Å². The molecule has 0 bridgehead atoms. The number of rotatable bonds is 11. The second-order valence-corrected chi connectivity index (χ2v) is 20.5. The van der Waals surface area contributed by atoms with E-state index in [1.165, 1.54) is 121 Å². The Morgan fingerprint density at radius 2 is 0.282 bits per heavy atom. The van der Waals surface area contributed by atoms with Crippen molar-refractivity contribution in [1.82, 2.24) is 0 Å². The Kier molecular flexibility index (Phi) is 11.8. The second kappa shape index (κ2) is 19.7. The van der Waals surface area contributed by atoms with Gasteiger partial charge in [0.25, 0.3) is 0 Å². The van der Waals surface area contributed by atoms with Gasteiger partial charge in [0.05, 0.1) is 10.8 Å². The lowest BCUT2D eigenvalue weighted by molar-refractivity contribution is 0.745. The van der Waals surface area contributed by atoms with Gasteiger partial charge >= 0.3 is 0 Å². The maximum absolute atomic E-state index is 2.37. The molecule has 0 heteroatoms. The van der Waals surface area contributed by atoms with E-state index in [-0.39, 0.29) is 0 Å². The van der Waals surface area contributed by atoms with E-state index in [0.29, 0.717) is 0 Å². The maximum atomic E-state index is 2.37. The molecular weight excluding hydrogens is 937 g/mol. The minimum absolute atomic E-state index is 0.538. The standard InChI is InChI=1S/C78H54/c1-7-27-57(28-8-1)77(58-29-9-2-10-30-58,59-31-11-3-12-32-59)63-51-47-55(48-52-63)73-65-39-19-23-43-69(65)75(70-44-24-20-40-66(70)73)76-71-45-25-21-41-67(71)74(68-42-22-26-46-72(68)76)56-49-53-64(54-50-56)78(60-33-13-4-14-34-60,61-35-15-5-16-36-61)62-37-17-6-18-38-62/h1-54H. The molecule has 0 unspecified atom stereocenters. The lowest BCUT2D eigenvalue weighted by Gasteiger charge is -2.37. The third-order valence-electron chi connectivity index (χ3n) is 16.6. The van der Waals surface area contributed by atoms with E-state index in [0.717, 1.165) is 0 Å².